The van der Waals surface area contributed by atoms with Crippen LogP contribution in [0, 0.1) is 17.0 Å². The number of alkyl halides is 2. The van der Waals surface area contributed by atoms with E-state index in [1.807, 2.05) is 0 Å². The lowest BCUT2D eigenvalue weighted by Crippen LogP contribution is -2.07. The van der Waals surface area contributed by atoms with Crippen LogP contribution in [0.1, 0.15) is 23.4 Å². The summed E-state index contributed by atoms with van der Waals surface area (Å²) in [6, 6.07) is 1.11. The number of nitrogens with two attached hydrogens (primary N) is 1. The minimum atomic E-state index is -2.84. The van der Waals surface area contributed by atoms with Gasteiger partial charge < -0.3 is 5.73 Å². The fourth-order valence-corrected chi connectivity index (χ4v) is 1.17. The third kappa shape index (κ3) is 2.24. The molecule has 0 aliphatic heterocycles. The molecule has 0 bridgehead atoms. The van der Waals surface area contributed by atoms with Crippen molar-refractivity contribution in [1.29, 1.82) is 0 Å². The number of aromatic nitrogens is 1. The van der Waals surface area contributed by atoms with Gasteiger partial charge in [0.15, 0.2) is 0 Å². The largest absolute Gasteiger partial charge is 0.325 e. The first-order chi connectivity index (χ1) is 6.97. The summed E-state index contributed by atoms with van der Waals surface area (Å²) in [5.41, 5.74) is 4.22. The Kier molecular flexibility index (Phi) is 3.25. The number of hydrogen-bond acceptors (Lipinski definition) is 4. The molecule has 0 aliphatic rings. The third-order valence-corrected chi connectivity index (χ3v) is 1.95. The zero-order chi connectivity index (χ0) is 11.6. The van der Waals surface area contributed by atoms with Crippen LogP contribution < -0.4 is 5.73 Å². The fraction of sp³-hybridized carbons (Fsp3) is 0.375. The van der Waals surface area contributed by atoms with Gasteiger partial charge >= 0.3 is 0 Å². The summed E-state index contributed by atoms with van der Waals surface area (Å²) in [7, 11) is 0. The Balaban J connectivity index is 3.40. The minimum Gasteiger partial charge on any atom is -0.325 e. The summed E-state index contributed by atoms with van der Waals surface area (Å²) in [5, 5.41) is 10.6. The van der Waals surface area contributed by atoms with E-state index in [-0.39, 0.29) is 23.5 Å². The van der Waals surface area contributed by atoms with E-state index in [2.05, 4.69) is 4.98 Å². The lowest BCUT2D eigenvalue weighted by molar-refractivity contribution is -0.385. The molecule has 0 unspecified atom stereocenters. The van der Waals surface area contributed by atoms with Gasteiger partial charge in [-0.25, -0.2) is 13.8 Å². The van der Waals surface area contributed by atoms with E-state index in [4.69, 9.17) is 5.73 Å². The van der Waals surface area contributed by atoms with Gasteiger partial charge in [-0.15, -0.1) is 0 Å². The van der Waals surface area contributed by atoms with Gasteiger partial charge in [-0.3, -0.25) is 10.1 Å². The number of nitrogens with zero attached hydrogens (tertiary/aromatic N) is 2. The first kappa shape index (κ1) is 11.4. The molecule has 1 rings (SSSR count). The number of nitro groups is 1. The molecule has 0 amide bonds. The third-order valence-electron chi connectivity index (χ3n) is 1.95. The van der Waals surface area contributed by atoms with Crippen LogP contribution in [-0.4, -0.2) is 9.91 Å². The monoisotopic (exact) mass is 217 g/mol. The van der Waals surface area contributed by atoms with Gasteiger partial charge in [0.25, 0.3) is 12.1 Å². The van der Waals surface area contributed by atoms with Gasteiger partial charge in [-0.2, -0.15) is 0 Å². The van der Waals surface area contributed by atoms with Crippen LogP contribution in [0.3, 0.4) is 0 Å². The second kappa shape index (κ2) is 4.26. The van der Waals surface area contributed by atoms with E-state index in [9.17, 15) is 18.9 Å². The molecule has 82 valence electrons. The first-order valence-corrected chi connectivity index (χ1v) is 4.10. The zero-order valence-electron chi connectivity index (χ0n) is 7.91. The molecule has 0 saturated heterocycles. The molecule has 0 saturated carbocycles. The van der Waals surface area contributed by atoms with Gasteiger partial charge in [0.1, 0.15) is 5.69 Å². The Morgan fingerprint density at radius 1 is 1.67 bits per heavy atom. The number of rotatable bonds is 3. The number of pyridine rings is 1. The molecule has 7 heteroatoms. The molecular formula is C8H9F2N3O2. The second-order valence-electron chi connectivity index (χ2n) is 2.90. The standard InChI is InChI=1S/C8H9F2N3O2/c1-4-6(13(14)15)2-5(3-11)12-7(4)8(9)10/h2,8H,3,11H2,1H3. The average molecular weight is 217 g/mol. The lowest BCUT2D eigenvalue weighted by Gasteiger charge is -2.06. The van der Waals surface area contributed by atoms with Crippen LogP contribution in [0.2, 0.25) is 0 Å². The number of halogens is 2. The topological polar surface area (TPSA) is 82.0 Å². The highest BCUT2D eigenvalue weighted by atomic mass is 19.3. The quantitative estimate of drug-likeness (QED) is 0.617. The van der Waals surface area contributed by atoms with Gasteiger partial charge in [-0.05, 0) is 6.92 Å². The van der Waals surface area contributed by atoms with Crippen LogP contribution in [0.5, 0.6) is 0 Å². The van der Waals surface area contributed by atoms with Crippen molar-refractivity contribution in [3.8, 4) is 0 Å². The van der Waals surface area contributed by atoms with E-state index < -0.39 is 17.0 Å². The molecular weight excluding hydrogens is 208 g/mol. The highest BCUT2D eigenvalue weighted by Gasteiger charge is 2.22. The summed E-state index contributed by atoms with van der Waals surface area (Å²) < 4.78 is 24.9. The Hall–Kier alpha value is -1.63. The van der Waals surface area contributed by atoms with Crippen LogP contribution in [0.4, 0.5) is 14.5 Å². The maximum absolute atomic E-state index is 12.5. The van der Waals surface area contributed by atoms with Crippen molar-refractivity contribution in [2.45, 2.75) is 19.9 Å². The first-order valence-electron chi connectivity index (χ1n) is 4.10. The molecule has 2 N–H and O–H groups in total. The molecule has 1 aromatic heterocycles. The molecule has 0 spiro atoms. The second-order valence-corrected chi connectivity index (χ2v) is 2.90. The summed E-state index contributed by atoms with van der Waals surface area (Å²) in [6.45, 7) is 1.13. The fourth-order valence-electron chi connectivity index (χ4n) is 1.17. The highest BCUT2D eigenvalue weighted by Crippen LogP contribution is 2.27. The summed E-state index contributed by atoms with van der Waals surface area (Å²) in [6.07, 6.45) is -2.84. The van der Waals surface area contributed by atoms with Gasteiger partial charge in [0.2, 0.25) is 0 Å². The van der Waals surface area contributed by atoms with Crippen molar-refractivity contribution in [2.24, 2.45) is 5.73 Å². The molecule has 15 heavy (non-hydrogen) atoms. The Morgan fingerprint density at radius 3 is 2.67 bits per heavy atom. The molecule has 0 aromatic carbocycles. The van der Waals surface area contributed by atoms with Crippen molar-refractivity contribution < 1.29 is 13.7 Å². The Labute approximate surface area is 84.1 Å². The zero-order valence-corrected chi connectivity index (χ0v) is 7.91. The summed E-state index contributed by atoms with van der Waals surface area (Å²) in [5.74, 6) is 0. The van der Waals surface area contributed by atoms with Crippen molar-refractivity contribution in [3.63, 3.8) is 0 Å². The Morgan fingerprint density at radius 2 is 2.27 bits per heavy atom. The molecule has 0 radical (unpaired) electrons. The van der Waals surface area contributed by atoms with E-state index in [1.54, 1.807) is 0 Å². The van der Waals surface area contributed by atoms with Crippen LogP contribution in [0.15, 0.2) is 6.07 Å². The SMILES string of the molecule is Cc1c([N+](=O)[O-])cc(CN)nc1C(F)F. The van der Waals surface area contributed by atoms with E-state index in [0.29, 0.717) is 0 Å². The molecule has 0 aliphatic carbocycles. The normalized spacial score (nSPS) is 10.7. The smallest absolute Gasteiger partial charge is 0.280 e. The molecule has 1 heterocycles. The lowest BCUT2D eigenvalue weighted by atomic mass is 10.1. The van der Waals surface area contributed by atoms with Crippen molar-refractivity contribution in [1.82, 2.24) is 4.98 Å². The molecule has 1 aromatic rings. The van der Waals surface area contributed by atoms with Crippen LogP contribution in [0.25, 0.3) is 0 Å². The average Bonchev–Trinajstić information content (AvgIpc) is 2.17. The summed E-state index contributed by atoms with van der Waals surface area (Å²) in [4.78, 5) is 13.4. The number of hydrogen-bond donors (Lipinski definition) is 1. The van der Waals surface area contributed by atoms with E-state index >= 15 is 0 Å². The van der Waals surface area contributed by atoms with Crippen molar-refractivity contribution >= 4 is 5.69 Å². The van der Waals surface area contributed by atoms with Crippen LogP contribution >= 0.6 is 0 Å². The maximum atomic E-state index is 12.5. The Bertz CT molecular complexity index is 396. The van der Waals surface area contributed by atoms with Gasteiger partial charge in [0.05, 0.1) is 16.2 Å². The summed E-state index contributed by atoms with van der Waals surface area (Å²) >= 11 is 0. The van der Waals surface area contributed by atoms with E-state index in [1.165, 1.54) is 6.92 Å². The molecule has 0 fully saturated rings. The predicted molar refractivity (Wildman–Crippen MR) is 48.5 cm³/mol. The van der Waals surface area contributed by atoms with Crippen molar-refractivity contribution in [3.05, 3.63) is 33.1 Å². The maximum Gasteiger partial charge on any atom is 0.280 e. The minimum absolute atomic E-state index is 0.0857. The van der Waals surface area contributed by atoms with Gasteiger partial charge in [0, 0.05) is 12.6 Å². The molecule has 0 atom stereocenters. The predicted octanol–water partition coefficient (Wildman–Crippen LogP) is 1.69. The van der Waals surface area contributed by atoms with Crippen LogP contribution in [-0.2, 0) is 6.54 Å². The van der Waals surface area contributed by atoms with E-state index in [0.717, 1.165) is 6.07 Å². The van der Waals surface area contributed by atoms with Gasteiger partial charge in [-0.1, -0.05) is 0 Å². The van der Waals surface area contributed by atoms with Crippen molar-refractivity contribution in [2.75, 3.05) is 0 Å². The molecule has 5 nitrogen and oxygen atoms in total. The highest BCUT2D eigenvalue weighted by molar-refractivity contribution is 5.43.